The van der Waals surface area contributed by atoms with Gasteiger partial charge in [0.25, 0.3) is 0 Å². The Morgan fingerprint density at radius 2 is 2.31 bits per heavy atom. The second-order valence-corrected chi connectivity index (χ2v) is 4.47. The summed E-state index contributed by atoms with van der Waals surface area (Å²) in [4.78, 5) is 4.23. The minimum Gasteiger partial charge on any atom is -0.378 e. The van der Waals surface area contributed by atoms with Crippen molar-refractivity contribution < 1.29 is 4.74 Å². The van der Waals surface area contributed by atoms with Crippen LogP contribution in [0.3, 0.4) is 0 Å². The van der Waals surface area contributed by atoms with Gasteiger partial charge in [0.15, 0.2) is 5.96 Å². The fraction of sp³-hybridized carbons (Fsp3) is 0.909. The molecular formula is C11H24IN3O. The molecule has 1 heterocycles. The summed E-state index contributed by atoms with van der Waals surface area (Å²) >= 11 is 0. The van der Waals surface area contributed by atoms with Gasteiger partial charge in [-0.1, -0.05) is 13.8 Å². The zero-order chi connectivity index (χ0) is 11.1. The summed E-state index contributed by atoms with van der Waals surface area (Å²) in [6, 6.07) is 0. The predicted molar refractivity (Wildman–Crippen MR) is 78.3 cm³/mol. The minimum absolute atomic E-state index is 0. The first-order chi connectivity index (χ1) is 7.18. The number of ether oxygens (including phenoxy) is 1. The lowest BCUT2D eigenvalue weighted by Crippen LogP contribution is -2.34. The predicted octanol–water partition coefficient (Wildman–Crippen LogP) is 1.73. The number of nitrogens with one attached hydrogen (secondary N) is 1. The van der Waals surface area contributed by atoms with E-state index in [0.29, 0.717) is 18.0 Å². The number of halogens is 1. The number of nitrogens with two attached hydrogens (primary N) is 1. The molecule has 0 aromatic carbocycles. The van der Waals surface area contributed by atoms with E-state index in [0.717, 1.165) is 26.1 Å². The molecule has 0 bridgehead atoms. The fourth-order valence-electron chi connectivity index (χ4n) is 1.57. The molecule has 4 nitrogen and oxygen atoms in total. The second-order valence-electron chi connectivity index (χ2n) is 4.47. The highest BCUT2D eigenvalue weighted by Crippen LogP contribution is 2.14. The Bertz CT molecular complexity index is 203. The van der Waals surface area contributed by atoms with Crippen LogP contribution < -0.4 is 11.1 Å². The zero-order valence-electron chi connectivity index (χ0n) is 10.2. The Kier molecular flexibility index (Phi) is 9.02. The molecule has 96 valence electrons. The van der Waals surface area contributed by atoms with Crippen molar-refractivity contribution >= 4 is 29.9 Å². The summed E-state index contributed by atoms with van der Waals surface area (Å²) in [6.45, 7) is 6.82. The van der Waals surface area contributed by atoms with Gasteiger partial charge >= 0.3 is 0 Å². The number of guanidine groups is 1. The van der Waals surface area contributed by atoms with Crippen molar-refractivity contribution in [2.24, 2.45) is 16.6 Å². The van der Waals surface area contributed by atoms with Crippen LogP contribution in [0.5, 0.6) is 0 Å². The van der Waals surface area contributed by atoms with Crippen molar-refractivity contribution in [1.29, 1.82) is 0 Å². The van der Waals surface area contributed by atoms with Crippen LogP contribution in [0, 0.1) is 5.92 Å². The second kappa shape index (κ2) is 9.04. The highest BCUT2D eigenvalue weighted by molar-refractivity contribution is 14.0. The molecule has 1 fully saturated rings. The van der Waals surface area contributed by atoms with Gasteiger partial charge in [0, 0.05) is 19.7 Å². The maximum atomic E-state index is 5.70. The Balaban J connectivity index is 0.00000225. The van der Waals surface area contributed by atoms with Gasteiger partial charge in [0.2, 0.25) is 0 Å². The van der Waals surface area contributed by atoms with Gasteiger partial charge in [-0.25, -0.2) is 0 Å². The van der Waals surface area contributed by atoms with Crippen LogP contribution in [0.4, 0.5) is 0 Å². The summed E-state index contributed by atoms with van der Waals surface area (Å²) in [5, 5.41) is 3.11. The lowest BCUT2D eigenvalue weighted by molar-refractivity contribution is 0.105. The summed E-state index contributed by atoms with van der Waals surface area (Å²) < 4.78 is 5.51. The van der Waals surface area contributed by atoms with Crippen LogP contribution in [-0.2, 0) is 4.74 Å². The lowest BCUT2D eigenvalue weighted by atomic mass is 10.2. The molecule has 0 aromatic heterocycles. The Morgan fingerprint density at radius 1 is 1.56 bits per heavy atom. The smallest absolute Gasteiger partial charge is 0.188 e. The molecule has 1 unspecified atom stereocenters. The van der Waals surface area contributed by atoms with Crippen molar-refractivity contribution in [3.63, 3.8) is 0 Å². The van der Waals surface area contributed by atoms with E-state index in [1.165, 1.54) is 12.8 Å². The van der Waals surface area contributed by atoms with E-state index in [2.05, 4.69) is 24.2 Å². The van der Waals surface area contributed by atoms with Gasteiger partial charge in [0.1, 0.15) is 0 Å². The van der Waals surface area contributed by atoms with Gasteiger partial charge in [-0.2, -0.15) is 0 Å². The first kappa shape index (κ1) is 16.0. The molecule has 0 aliphatic carbocycles. The van der Waals surface area contributed by atoms with Crippen LogP contribution in [0.1, 0.15) is 33.1 Å². The van der Waals surface area contributed by atoms with Crippen LogP contribution in [0.25, 0.3) is 0 Å². The molecular weight excluding hydrogens is 317 g/mol. The van der Waals surface area contributed by atoms with Gasteiger partial charge < -0.3 is 15.8 Å². The highest BCUT2D eigenvalue weighted by Gasteiger charge is 2.14. The molecule has 1 rings (SSSR count). The highest BCUT2D eigenvalue weighted by atomic mass is 127. The third kappa shape index (κ3) is 7.27. The molecule has 0 aromatic rings. The van der Waals surface area contributed by atoms with E-state index >= 15 is 0 Å². The summed E-state index contributed by atoms with van der Waals surface area (Å²) in [6.07, 6.45) is 3.83. The monoisotopic (exact) mass is 341 g/mol. The van der Waals surface area contributed by atoms with Gasteiger partial charge in [-0.05, 0) is 25.2 Å². The number of aliphatic imine (C=N–C) groups is 1. The Hall–Kier alpha value is -0.0400. The van der Waals surface area contributed by atoms with Gasteiger partial charge in [-0.3, -0.25) is 4.99 Å². The number of hydrogen-bond acceptors (Lipinski definition) is 2. The van der Waals surface area contributed by atoms with Crippen molar-refractivity contribution in [3.05, 3.63) is 0 Å². The Morgan fingerprint density at radius 3 is 2.88 bits per heavy atom. The number of rotatable bonds is 5. The number of hydrogen-bond donors (Lipinski definition) is 2. The standard InChI is InChI=1S/C11H23N3O.HI/c1-9(2)8-14-11(12)13-6-5-10-4-3-7-15-10;/h9-10H,3-8H2,1-2H3,(H3,12,13,14);1H. The molecule has 3 N–H and O–H groups in total. The maximum absolute atomic E-state index is 5.70. The molecule has 0 radical (unpaired) electrons. The lowest BCUT2D eigenvalue weighted by Gasteiger charge is -2.10. The number of nitrogens with zero attached hydrogens (tertiary/aromatic N) is 1. The molecule has 5 heteroatoms. The summed E-state index contributed by atoms with van der Waals surface area (Å²) in [5.74, 6) is 1.12. The zero-order valence-corrected chi connectivity index (χ0v) is 12.6. The van der Waals surface area contributed by atoms with E-state index in [-0.39, 0.29) is 24.0 Å². The topological polar surface area (TPSA) is 59.6 Å². The van der Waals surface area contributed by atoms with Crippen LogP contribution in [0.2, 0.25) is 0 Å². The molecule has 1 aliphatic rings. The van der Waals surface area contributed by atoms with Crippen molar-refractivity contribution in [2.75, 3.05) is 19.7 Å². The third-order valence-electron chi connectivity index (χ3n) is 2.42. The molecule has 16 heavy (non-hydrogen) atoms. The fourth-order valence-corrected chi connectivity index (χ4v) is 1.57. The first-order valence-electron chi connectivity index (χ1n) is 5.84. The van der Waals surface area contributed by atoms with E-state index in [1.807, 2.05) is 0 Å². The molecule has 1 aliphatic heterocycles. The van der Waals surface area contributed by atoms with Crippen LogP contribution in [-0.4, -0.2) is 31.8 Å². The van der Waals surface area contributed by atoms with Gasteiger partial charge in [0.05, 0.1) is 6.10 Å². The quantitative estimate of drug-likeness (QED) is 0.455. The molecule has 1 atom stereocenters. The van der Waals surface area contributed by atoms with E-state index < -0.39 is 0 Å². The molecule has 0 amide bonds. The maximum Gasteiger partial charge on any atom is 0.188 e. The molecule has 0 spiro atoms. The normalized spacial score (nSPS) is 20.9. The van der Waals surface area contributed by atoms with Crippen molar-refractivity contribution in [3.8, 4) is 0 Å². The minimum atomic E-state index is 0. The largest absolute Gasteiger partial charge is 0.378 e. The van der Waals surface area contributed by atoms with Crippen molar-refractivity contribution in [2.45, 2.75) is 39.2 Å². The average molecular weight is 341 g/mol. The van der Waals surface area contributed by atoms with Crippen molar-refractivity contribution in [1.82, 2.24) is 5.32 Å². The Labute approximate surface area is 115 Å². The molecule has 1 saturated heterocycles. The average Bonchev–Trinajstić information content (AvgIpc) is 2.67. The van der Waals surface area contributed by atoms with Crippen LogP contribution in [0.15, 0.2) is 4.99 Å². The van der Waals surface area contributed by atoms with Crippen LogP contribution >= 0.6 is 24.0 Å². The summed E-state index contributed by atoms with van der Waals surface area (Å²) in [7, 11) is 0. The van der Waals surface area contributed by atoms with Gasteiger partial charge in [-0.15, -0.1) is 24.0 Å². The van der Waals surface area contributed by atoms with E-state index in [1.54, 1.807) is 0 Å². The van der Waals surface area contributed by atoms with E-state index in [9.17, 15) is 0 Å². The molecule has 0 saturated carbocycles. The SMILES string of the molecule is CC(C)CN=C(N)NCCC1CCCO1.I. The van der Waals surface area contributed by atoms with E-state index in [4.69, 9.17) is 10.5 Å². The summed E-state index contributed by atoms with van der Waals surface area (Å²) in [5.41, 5.74) is 5.70. The third-order valence-corrected chi connectivity index (χ3v) is 2.42. The first-order valence-corrected chi connectivity index (χ1v) is 5.84.